The zero-order valence-corrected chi connectivity index (χ0v) is 15.0. The molecule has 1 N–H and O–H groups in total. The van der Waals surface area contributed by atoms with Crippen LogP contribution in [-0.4, -0.2) is 43.8 Å². The maximum absolute atomic E-state index is 12.7. The van der Waals surface area contributed by atoms with E-state index in [-0.39, 0.29) is 25.0 Å². The van der Waals surface area contributed by atoms with Gasteiger partial charge in [-0.15, -0.1) is 11.3 Å². The summed E-state index contributed by atoms with van der Waals surface area (Å²) in [5.74, 6) is 0.00572. The summed E-state index contributed by atoms with van der Waals surface area (Å²) in [5, 5.41) is 15.4. The van der Waals surface area contributed by atoms with Gasteiger partial charge in [0, 0.05) is 30.1 Å². The number of thiazole rings is 1. The molecule has 0 aliphatic carbocycles. The number of aromatic nitrogens is 3. The largest absolute Gasteiger partial charge is 0.435 e. The second-order valence-corrected chi connectivity index (χ2v) is 7.21. The van der Waals surface area contributed by atoms with Crippen LogP contribution in [0.5, 0.6) is 0 Å². The second kappa shape index (κ2) is 7.36. The number of halogens is 3. The first-order valence-electron chi connectivity index (χ1n) is 8.22. The lowest BCUT2D eigenvalue weighted by Gasteiger charge is -2.31. The van der Waals surface area contributed by atoms with Crippen molar-refractivity contribution in [3.63, 3.8) is 0 Å². The topological polar surface area (TPSA) is 71.2 Å². The van der Waals surface area contributed by atoms with E-state index in [1.165, 1.54) is 18.3 Å². The third kappa shape index (κ3) is 4.07. The zero-order valence-electron chi connectivity index (χ0n) is 14.2. The summed E-state index contributed by atoms with van der Waals surface area (Å²) in [7, 11) is 0. The maximum atomic E-state index is 12.7. The first kappa shape index (κ1) is 18.8. The lowest BCUT2D eigenvalue weighted by Crippen LogP contribution is -2.40. The van der Waals surface area contributed by atoms with Gasteiger partial charge in [-0.3, -0.25) is 9.48 Å². The minimum absolute atomic E-state index is 0.0863. The fourth-order valence-electron chi connectivity index (χ4n) is 3.00. The molecule has 0 saturated carbocycles. The molecule has 1 aliphatic rings. The molecule has 0 atom stereocenters. The minimum atomic E-state index is -4.52. The Kier molecular flexibility index (Phi) is 5.33. The van der Waals surface area contributed by atoms with Gasteiger partial charge < -0.3 is 10.0 Å². The molecule has 26 heavy (non-hydrogen) atoms. The number of hydrogen-bond donors (Lipinski definition) is 1. The molecule has 0 aromatic carbocycles. The highest BCUT2D eigenvalue weighted by atomic mass is 32.1. The van der Waals surface area contributed by atoms with Gasteiger partial charge in [0.2, 0.25) is 5.91 Å². The van der Waals surface area contributed by atoms with Gasteiger partial charge >= 0.3 is 6.18 Å². The Labute approximate surface area is 152 Å². The Morgan fingerprint density at radius 1 is 1.38 bits per heavy atom. The quantitative estimate of drug-likeness (QED) is 0.874. The van der Waals surface area contributed by atoms with Crippen molar-refractivity contribution < 1.29 is 23.1 Å². The molecule has 0 unspecified atom stereocenters. The van der Waals surface area contributed by atoms with Crippen molar-refractivity contribution in [2.45, 2.75) is 45.0 Å². The Bertz CT molecular complexity index is 779. The standard InChI is InChI=1S/C16H19F3N4O2S/c1-10-6-13(16(17,18)19)21-23(10)7-14(25)22-4-2-11(3-5-22)15-20-12(8-24)9-26-15/h6,9,11,24H,2-5,7-8H2,1H3. The highest BCUT2D eigenvalue weighted by molar-refractivity contribution is 7.09. The van der Waals surface area contributed by atoms with E-state index < -0.39 is 11.9 Å². The van der Waals surface area contributed by atoms with Crippen LogP contribution < -0.4 is 0 Å². The zero-order chi connectivity index (χ0) is 18.9. The first-order chi connectivity index (χ1) is 12.3. The van der Waals surface area contributed by atoms with E-state index in [4.69, 9.17) is 5.11 Å². The fraction of sp³-hybridized carbons (Fsp3) is 0.562. The van der Waals surface area contributed by atoms with Crippen molar-refractivity contribution >= 4 is 17.2 Å². The van der Waals surface area contributed by atoms with Crippen LogP contribution in [0.15, 0.2) is 11.4 Å². The number of carbonyl (C=O) groups is 1. The molecule has 3 rings (SSSR count). The smallest absolute Gasteiger partial charge is 0.390 e. The van der Waals surface area contributed by atoms with Crippen molar-refractivity contribution in [2.75, 3.05) is 13.1 Å². The van der Waals surface area contributed by atoms with Gasteiger partial charge in [0.15, 0.2) is 5.69 Å². The van der Waals surface area contributed by atoms with Crippen LogP contribution in [0.3, 0.4) is 0 Å². The average molecular weight is 388 g/mol. The lowest BCUT2D eigenvalue weighted by molar-refractivity contribution is -0.142. The molecule has 1 fully saturated rings. The molecule has 3 heterocycles. The number of aliphatic hydroxyl groups is 1. The first-order valence-corrected chi connectivity index (χ1v) is 9.10. The molecule has 0 bridgehead atoms. The van der Waals surface area contributed by atoms with Crippen molar-refractivity contribution in [1.82, 2.24) is 19.7 Å². The number of nitrogens with zero attached hydrogens (tertiary/aromatic N) is 4. The molecule has 2 aromatic heterocycles. The van der Waals surface area contributed by atoms with Crippen molar-refractivity contribution in [1.29, 1.82) is 0 Å². The summed E-state index contributed by atoms with van der Waals surface area (Å²) < 4.78 is 39.2. The summed E-state index contributed by atoms with van der Waals surface area (Å²) in [6.07, 6.45) is -3.02. The van der Waals surface area contributed by atoms with E-state index in [1.54, 1.807) is 4.90 Å². The summed E-state index contributed by atoms with van der Waals surface area (Å²) >= 11 is 1.50. The van der Waals surface area contributed by atoms with Gasteiger partial charge in [-0.1, -0.05) is 0 Å². The van der Waals surface area contributed by atoms with Crippen molar-refractivity contribution in [2.24, 2.45) is 0 Å². The summed E-state index contributed by atoms with van der Waals surface area (Å²) in [6, 6.07) is 0.945. The van der Waals surface area contributed by atoms with Gasteiger partial charge in [-0.05, 0) is 25.8 Å². The van der Waals surface area contributed by atoms with E-state index >= 15 is 0 Å². The molecule has 0 spiro atoms. The van der Waals surface area contributed by atoms with Crippen LogP contribution in [0.4, 0.5) is 13.2 Å². The monoisotopic (exact) mass is 388 g/mol. The number of piperidine rings is 1. The molecule has 1 saturated heterocycles. The SMILES string of the molecule is Cc1cc(C(F)(F)F)nn1CC(=O)N1CCC(c2nc(CO)cs2)CC1. The third-order valence-electron chi connectivity index (χ3n) is 4.49. The Balaban J connectivity index is 1.58. The highest BCUT2D eigenvalue weighted by Gasteiger charge is 2.35. The summed E-state index contributed by atoms with van der Waals surface area (Å²) in [6.45, 7) is 2.28. The highest BCUT2D eigenvalue weighted by Crippen LogP contribution is 2.31. The fourth-order valence-corrected chi connectivity index (χ4v) is 3.98. The van der Waals surface area contributed by atoms with Crippen LogP contribution in [0.2, 0.25) is 0 Å². The molecular formula is C16H19F3N4O2S. The number of aliphatic hydroxyl groups excluding tert-OH is 1. The molecule has 2 aromatic rings. The van der Waals surface area contributed by atoms with Crippen molar-refractivity contribution in [3.8, 4) is 0 Å². The number of carbonyl (C=O) groups excluding carboxylic acids is 1. The van der Waals surface area contributed by atoms with E-state index in [0.29, 0.717) is 24.5 Å². The van der Waals surface area contributed by atoms with Gasteiger partial charge in [0.1, 0.15) is 6.54 Å². The number of rotatable bonds is 4. The van der Waals surface area contributed by atoms with Gasteiger partial charge in [-0.2, -0.15) is 18.3 Å². The molecular weight excluding hydrogens is 369 g/mol. The number of alkyl halides is 3. The van der Waals surface area contributed by atoms with Crippen LogP contribution in [0.1, 0.15) is 40.8 Å². The van der Waals surface area contributed by atoms with Crippen molar-refractivity contribution in [3.05, 3.63) is 33.5 Å². The second-order valence-electron chi connectivity index (χ2n) is 6.32. The molecule has 10 heteroatoms. The van der Waals surface area contributed by atoms with Gasteiger partial charge in [0.25, 0.3) is 0 Å². The molecule has 1 amide bonds. The van der Waals surface area contributed by atoms with Gasteiger partial charge in [0.05, 0.1) is 17.3 Å². The predicted octanol–water partition coefficient (Wildman–Crippen LogP) is 2.57. The molecule has 1 aliphatic heterocycles. The minimum Gasteiger partial charge on any atom is -0.390 e. The number of likely N-dealkylation sites (tertiary alicyclic amines) is 1. The van der Waals surface area contributed by atoms with E-state index in [1.807, 2.05) is 5.38 Å². The van der Waals surface area contributed by atoms with Crippen LogP contribution in [0, 0.1) is 6.92 Å². The number of hydrogen-bond acceptors (Lipinski definition) is 5. The number of amides is 1. The van der Waals surface area contributed by atoms with Crippen LogP contribution in [0.25, 0.3) is 0 Å². The van der Waals surface area contributed by atoms with Crippen LogP contribution >= 0.6 is 11.3 Å². The lowest BCUT2D eigenvalue weighted by atomic mass is 9.97. The molecule has 0 radical (unpaired) electrons. The van der Waals surface area contributed by atoms with Crippen LogP contribution in [-0.2, 0) is 24.1 Å². The predicted molar refractivity (Wildman–Crippen MR) is 88.6 cm³/mol. The van der Waals surface area contributed by atoms with E-state index in [9.17, 15) is 18.0 Å². The van der Waals surface area contributed by atoms with E-state index in [0.717, 1.165) is 28.6 Å². The molecule has 142 valence electrons. The van der Waals surface area contributed by atoms with E-state index in [2.05, 4.69) is 10.1 Å². The number of aryl methyl sites for hydroxylation is 1. The maximum Gasteiger partial charge on any atom is 0.435 e. The Hall–Kier alpha value is -1.94. The average Bonchev–Trinajstić information content (AvgIpc) is 3.22. The summed E-state index contributed by atoms with van der Waals surface area (Å²) in [4.78, 5) is 18.4. The normalized spacial score (nSPS) is 16.3. The van der Waals surface area contributed by atoms with Gasteiger partial charge in [-0.25, -0.2) is 4.98 Å². The Morgan fingerprint density at radius 3 is 2.62 bits per heavy atom. The third-order valence-corrected chi connectivity index (χ3v) is 5.54. The summed E-state index contributed by atoms with van der Waals surface area (Å²) in [5.41, 5.74) is -0.0250. The Morgan fingerprint density at radius 2 is 2.08 bits per heavy atom. The molecule has 6 nitrogen and oxygen atoms in total.